The molecule has 0 atom stereocenters. The summed E-state index contributed by atoms with van der Waals surface area (Å²) in [4.78, 5) is 22.7. The lowest BCUT2D eigenvalue weighted by atomic mass is 9.93. The molecule has 0 N–H and O–H groups in total. The maximum absolute atomic E-state index is 11.4. The van der Waals surface area contributed by atoms with Gasteiger partial charge in [0.05, 0.1) is 0 Å². The van der Waals surface area contributed by atoms with Gasteiger partial charge >= 0.3 is 11.9 Å². The molecule has 0 aliphatic heterocycles. The van der Waals surface area contributed by atoms with E-state index in [2.05, 4.69) is 13.2 Å². The van der Waals surface area contributed by atoms with Gasteiger partial charge in [-0.05, 0) is 25.7 Å². The topological polar surface area (TPSA) is 52.6 Å². The van der Waals surface area contributed by atoms with Crippen molar-refractivity contribution in [2.24, 2.45) is 0 Å². The monoisotopic (exact) mass is 250 g/mol. The molecule has 0 heterocycles. The molecule has 0 radical (unpaired) electrons. The second-order valence-corrected chi connectivity index (χ2v) is 4.17. The van der Waals surface area contributed by atoms with E-state index in [0.717, 1.165) is 43.4 Å². The van der Waals surface area contributed by atoms with Gasteiger partial charge in [0.25, 0.3) is 5.79 Å². The molecule has 0 saturated carbocycles. The summed E-state index contributed by atoms with van der Waals surface area (Å²) in [5, 5.41) is 0. The molecule has 4 heteroatoms. The summed E-state index contributed by atoms with van der Waals surface area (Å²) in [5.41, 5.74) is 0.805. The smallest absolute Gasteiger partial charge is 0.333 e. The Kier molecular flexibility index (Phi) is 4.89. The highest BCUT2D eigenvalue weighted by molar-refractivity contribution is 5.83. The summed E-state index contributed by atoms with van der Waals surface area (Å²) >= 11 is 0. The van der Waals surface area contributed by atoms with Crippen molar-refractivity contribution in [2.75, 3.05) is 0 Å². The minimum absolute atomic E-state index is 0.624. The molecule has 1 aliphatic carbocycles. The number of carbonyl (C=O) groups excluding carboxylic acids is 2. The number of carbonyl (C=O) groups is 2. The van der Waals surface area contributed by atoms with Crippen LogP contribution in [0.25, 0.3) is 0 Å². The Morgan fingerprint density at radius 2 is 1.78 bits per heavy atom. The van der Waals surface area contributed by atoms with Crippen LogP contribution >= 0.6 is 0 Å². The van der Waals surface area contributed by atoms with Crippen LogP contribution in [-0.2, 0) is 19.1 Å². The second-order valence-electron chi connectivity index (χ2n) is 4.17. The Morgan fingerprint density at radius 1 is 1.22 bits per heavy atom. The molecule has 1 aliphatic rings. The quantitative estimate of drug-likeness (QED) is 0.326. The molecule has 0 amide bonds. The zero-order valence-electron chi connectivity index (χ0n) is 10.6. The molecule has 0 saturated heterocycles. The first kappa shape index (κ1) is 14.2. The third kappa shape index (κ3) is 3.58. The van der Waals surface area contributed by atoms with E-state index >= 15 is 0 Å². The van der Waals surface area contributed by atoms with Gasteiger partial charge in [-0.15, -0.1) is 0 Å². The number of hydrogen-bond acceptors (Lipinski definition) is 4. The molecule has 98 valence electrons. The first-order valence-electron chi connectivity index (χ1n) is 5.92. The standard InChI is InChI=1S/C14H18O4/c1-4-12(15)17-14(3,18-13(16)5-2)11-9-7-6-8-10-11/h4-5,9H,1-2,6-8,10H2,3H3. The van der Waals surface area contributed by atoms with E-state index in [9.17, 15) is 9.59 Å². The van der Waals surface area contributed by atoms with Gasteiger partial charge in [-0.1, -0.05) is 19.2 Å². The van der Waals surface area contributed by atoms with E-state index in [1.807, 2.05) is 6.08 Å². The van der Waals surface area contributed by atoms with Crippen molar-refractivity contribution in [1.82, 2.24) is 0 Å². The van der Waals surface area contributed by atoms with Crippen LogP contribution in [0.3, 0.4) is 0 Å². The molecule has 0 fully saturated rings. The first-order valence-corrected chi connectivity index (χ1v) is 5.92. The minimum atomic E-state index is -1.36. The number of hydrogen-bond donors (Lipinski definition) is 0. The van der Waals surface area contributed by atoms with Crippen LogP contribution in [0.5, 0.6) is 0 Å². The predicted octanol–water partition coefficient (Wildman–Crippen LogP) is 2.66. The fraction of sp³-hybridized carbons (Fsp3) is 0.429. The van der Waals surface area contributed by atoms with Crippen molar-refractivity contribution in [2.45, 2.75) is 38.4 Å². The van der Waals surface area contributed by atoms with Crippen LogP contribution in [0.2, 0.25) is 0 Å². The fourth-order valence-corrected chi connectivity index (χ4v) is 1.87. The van der Waals surface area contributed by atoms with Gasteiger partial charge in [-0.25, -0.2) is 9.59 Å². The Labute approximate surface area is 107 Å². The Hall–Kier alpha value is -1.84. The van der Waals surface area contributed by atoms with E-state index in [-0.39, 0.29) is 0 Å². The summed E-state index contributed by atoms with van der Waals surface area (Å²) in [5.74, 6) is -2.61. The second kappa shape index (κ2) is 6.19. The fourth-order valence-electron chi connectivity index (χ4n) is 1.87. The molecule has 1 rings (SSSR count). The largest absolute Gasteiger partial charge is 0.415 e. The lowest BCUT2D eigenvalue weighted by Crippen LogP contribution is -2.39. The van der Waals surface area contributed by atoms with Crippen molar-refractivity contribution in [1.29, 1.82) is 0 Å². The van der Waals surface area contributed by atoms with E-state index in [0.29, 0.717) is 0 Å². The van der Waals surface area contributed by atoms with E-state index < -0.39 is 17.7 Å². The van der Waals surface area contributed by atoms with Gasteiger partial charge in [-0.3, -0.25) is 0 Å². The minimum Gasteiger partial charge on any atom is -0.415 e. The van der Waals surface area contributed by atoms with Crippen LogP contribution in [0.15, 0.2) is 37.0 Å². The van der Waals surface area contributed by atoms with Crippen molar-refractivity contribution >= 4 is 11.9 Å². The SMILES string of the molecule is C=CC(=O)OC(C)(OC(=O)C=C)C1=CCCCC1. The maximum atomic E-state index is 11.4. The first-order chi connectivity index (χ1) is 8.51. The van der Waals surface area contributed by atoms with E-state index in [1.54, 1.807) is 6.92 Å². The van der Waals surface area contributed by atoms with Gasteiger partial charge < -0.3 is 9.47 Å². The maximum Gasteiger partial charge on any atom is 0.333 e. The zero-order valence-corrected chi connectivity index (χ0v) is 10.6. The summed E-state index contributed by atoms with van der Waals surface area (Å²) < 4.78 is 10.4. The molecule has 0 aromatic heterocycles. The number of rotatable bonds is 5. The summed E-state index contributed by atoms with van der Waals surface area (Å²) in [6.07, 6.45) is 7.75. The highest BCUT2D eigenvalue weighted by atomic mass is 16.7. The predicted molar refractivity (Wildman–Crippen MR) is 67.5 cm³/mol. The normalized spacial score (nSPS) is 15.3. The van der Waals surface area contributed by atoms with Crippen molar-refractivity contribution in [3.05, 3.63) is 37.0 Å². The Morgan fingerprint density at radius 3 is 2.17 bits per heavy atom. The van der Waals surface area contributed by atoms with Crippen LogP contribution < -0.4 is 0 Å². The molecular weight excluding hydrogens is 232 g/mol. The number of allylic oxidation sites excluding steroid dienone is 1. The average molecular weight is 250 g/mol. The van der Waals surface area contributed by atoms with Gasteiger partial charge in [0.1, 0.15) is 0 Å². The third-order valence-corrected chi connectivity index (χ3v) is 2.80. The van der Waals surface area contributed by atoms with Gasteiger partial charge in [0.15, 0.2) is 0 Å². The molecule has 4 nitrogen and oxygen atoms in total. The van der Waals surface area contributed by atoms with Gasteiger partial charge in [0, 0.05) is 24.6 Å². The summed E-state index contributed by atoms with van der Waals surface area (Å²) in [7, 11) is 0. The molecule has 0 unspecified atom stereocenters. The average Bonchev–Trinajstić information content (AvgIpc) is 2.39. The Balaban J connectivity index is 2.94. The van der Waals surface area contributed by atoms with E-state index in [4.69, 9.17) is 9.47 Å². The molecular formula is C14H18O4. The molecule has 0 spiro atoms. The molecule has 18 heavy (non-hydrogen) atoms. The molecule has 0 aromatic carbocycles. The number of ether oxygens (including phenoxy) is 2. The molecule has 0 bridgehead atoms. The van der Waals surface area contributed by atoms with Crippen molar-refractivity contribution in [3.63, 3.8) is 0 Å². The molecule has 0 aromatic rings. The van der Waals surface area contributed by atoms with Crippen LogP contribution in [0.1, 0.15) is 32.6 Å². The summed E-state index contributed by atoms with van der Waals surface area (Å²) in [6.45, 7) is 8.23. The highest BCUT2D eigenvalue weighted by Gasteiger charge is 2.36. The van der Waals surface area contributed by atoms with E-state index in [1.165, 1.54) is 0 Å². The highest BCUT2D eigenvalue weighted by Crippen LogP contribution is 2.31. The lowest BCUT2D eigenvalue weighted by Gasteiger charge is -2.32. The van der Waals surface area contributed by atoms with Crippen LogP contribution in [0, 0.1) is 0 Å². The summed E-state index contributed by atoms with van der Waals surface area (Å²) in [6, 6.07) is 0. The number of esters is 2. The van der Waals surface area contributed by atoms with Gasteiger partial charge in [-0.2, -0.15) is 0 Å². The zero-order chi connectivity index (χ0) is 13.6. The lowest BCUT2D eigenvalue weighted by molar-refractivity contribution is -0.203. The third-order valence-electron chi connectivity index (χ3n) is 2.80. The van der Waals surface area contributed by atoms with Crippen LogP contribution in [-0.4, -0.2) is 17.7 Å². The van der Waals surface area contributed by atoms with Gasteiger partial charge in [0.2, 0.25) is 0 Å². The van der Waals surface area contributed by atoms with Crippen molar-refractivity contribution in [3.8, 4) is 0 Å². The van der Waals surface area contributed by atoms with Crippen LogP contribution in [0.4, 0.5) is 0 Å². The van der Waals surface area contributed by atoms with Crippen molar-refractivity contribution < 1.29 is 19.1 Å². The Bertz CT molecular complexity index is 371.